The number of ether oxygens (including phenoxy) is 1. The normalized spacial score (nSPS) is 16.8. The van der Waals surface area contributed by atoms with Gasteiger partial charge in [-0.25, -0.2) is 0 Å². The van der Waals surface area contributed by atoms with E-state index in [-0.39, 0.29) is 12.0 Å². The van der Waals surface area contributed by atoms with E-state index in [4.69, 9.17) is 4.74 Å². The number of carbonyl (C=O) groups excluding carboxylic acids is 1. The molecule has 1 saturated heterocycles. The third kappa shape index (κ3) is 6.09. The van der Waals surface area contributed by atoms with Crippen LogP contribution in [-0.2, 0) is 22.6 Å². The van der Waals surface area contributed by atoms with E-state index in [9.17, 15) is 4.79 Å². The SMILES string of the molecule is CN=C(NCCCn1cccn1)NCc1cccc(NC(=O)C2CCCO2)c1. The van der Waals surface area contributed by atoms with Gasteiger partial charge in [0.2, 0.25) is 0 Å². The van der Waals surface area contributed by atoms with Gasteiger partial charge in [0.1, 0.15) is 6.10 Å². The first-order valence-corrected chi connectivity index (χ1v) is 9.68. The van der Waals surface area contributed by atoms with Gasteiger partial charge < -0.3 is 20.7 Å². The molecule has 1 aliphatic rings. The molecule has 150 valence electrons. The van der Waals surface area contributed by atoms with Crippen LogP contribution in [0.4, 0.5) is 5.69 Å². The van der Waals surface area contributed by atoms with E-state index in [1.807, 2.05) is 41.2 Å². The molecule has 1 aliphatic heterocycles. The van der Waals surface area contributed by atoms with Crippen LogP contribution in [0.15, 0.2) is 47.7 Å². The van der Waals surface area contributed by atoms with Crippen LogP contribution < -0.4 is 16.0 Å². The molecule has 1 atom stereocenters. The molecule has 8 nitrogen and oxygen atoms in total. The first-order valence-electron chi connectivity index (χ1n) is 9.68. The Morgan fingerprint density at radius 2 is 2.29 bits per heavy atom. The second kappa shape index (κ2) is 10.5. The lowest BCUT2D eigenvalue weighted by Gasteiger charge is -2.14. The molecule has 28 heavy (non-hydrogen) atoms. The summed E-state index contributed by atoms with van der Waals surface area (Å²) in [6.07, 6.45) is 6.09. The molecule has 1 amide bonds. The highest BCUT2D eigenvalue weighted by molar-refractivity contribution is 5.94. The Bertz CT molecular complexity index is 769. The van der Waals surface area contributed by atoms with Crippen LogP contribution in [0.3, 0.4) is 0 Å². The van der Waals surface area contributed by atoms with Crippen LogP contribution in [0.25, 0.3) is 0 Å². The van der Waals surface area contributed by atoms with E-state index in [0.717, 1.165) is 49.6 Å². The Hall–Kier alpha value is -2.87. The number of guanidine groups is 1. The van der Waals surface area contributed by atoms with Gasteiger partial charge in [-0.05, 0) is 43.0 Å². The van der Waals surface area contributed by atoms with Gasteiger partial charge in [-0.1, -0.05) is 12.1 Å². The fraction of sp³-hybridized carbons (Fsp3) is 0.450. The molecule has 0 spiro atoms. The number of benzene rings is 1. The molecule has 2 aromatic rings. The van der Waals surface area contributed by atoms with E-state index in [0.29, 0.717) is 13.2 Å². The number of hydrogen-bond acceptors (Lipinski definition) is 4. The summed E-state index contributed by atoms with van der Waals surface area (Å²) in [5.74, 6) is 0.673. The Morgan fingerprint density at radius 1 is 1.36 bits per heavy atom. The molecule has 2 heterocycles. The lowest BCUT2D eigenvalue weighted by molar-refractivity contribution is -0.124. The summed E-state index contributed by atoms with van der Waals surface area (Å²) in [5, 5.41) is 13.7. The molecule has 1 unspecified atom stereocenters. The molecular weight excluding hydrogens is 356 g/mol. The quantitative estimate of drug-likeness (QED) is 0.366. The molecular formula is C20H28N6O2. The number of carbonyl (C=O) groups is 1. The van der Waals surface area contributed by atoms with Crippen molar-refractivity contribution >= 4 is 17.6 Å². The third-order valence-corrected chi connectivity index (χ3v) is 4.52. The smallest absolute Gasteiger partial charge is 0.253 e. The predicted octanol–water partition coefficient (Wildman–Crippen LogP) is 1.76. The Kier molecular flexibility index (Phi) is 7.43. The molecule has 1 fully saturated rings. The number of aliphatic imine (C=N–C) groups is 1. The number of amides is 1. The Morgan fingerprint density at radius 3 is 3.04 bits per heavy atom. The maximum absolute atomic E-state index is 12.2. The van der Waals surface area contributed by atoms with E-state index >= 15 is 0 Å². The second-order valence-electron chi connectivity index (χ2n) is 6.67. The molecule has 0 saturated carbocycles. The van der Waals surface area contributed by atoms with Gasteiger partial charge in [0.25, 0.3) is 5.91 Å². The van der Waals surface area contributed by atoms with Crippen molar-refractivity contribution in [2.24, 2.45) is 4.99 Å². The second-order valence-corrected chi connectivity index (χ2v) is 6.67. The van der Waals surface area contributed by atoms with Crippen LogP contribution in [0.5, 0.6) is 0 Å². The summed E-state index contributed by atoms with van der Waals surface area (Å²) in [4.78, 5) is 16.4. The van der Waals surface area contributed by atoms with Crippen LogP contribution in [-0.4, -0.2) is 48.0 Å². The first-order chi connectivity index (χ1) is 13.7. The van der Waals surface area contributed by atoms with Crippen molar-refractivity contribution in [1.29, 1.82) is 0 Å². The number of anilines is 1. The minimum Gasteiger partial charge on any atom is -0.368 e. The highest BCUT2D eigenvalue weighted by Gasteiger charge is 2.23. The Balaban J connectivity index is 1.41. The van der Waals surface area contributed by atoms with Crippen molar-refractivity contribution in [3.05, 3.63) is 48.3 Å². The summed E-state index contributed by atoms with van der Waals surface area (Å²) in [6.45, 7) is 2.94. The zero-order valence-electron chi connectivity index (χ0n) is 16.2. The van der Waals surface area contributed by atoms with Crippen LogP contribution >= 0.6 is 0 Å². The van der Waals surface area contributed by atoms with Crippen LogP contribution in [0.1, 0.15) is 24.8 Å². The topological polar surface area (TPSA) is 92.6 Å². The van der Waals surface area contributed by atoms with Crippen molar-refractivity contribution in [3.63, 3.8) is 0 Å². The van der Waals surface area contributed by atoms with Crippen LogP contribution in [0.2, 0.25) is 0 Å². The fourth-order valence-electron chi connectivity index (χ4n) is 3.05. The van der Waals surface area contributed by atoms with E-state index in [2.05, 4.69) is 26.0 Å². The zero-order chi connectivity index (χ0) is 19.6. The van der Waals surface area contributed by atoms with Crippen molar-refractivity contribution < 1.29 is 9.53 Å². The van der Waals surface area contributed by atoms with Gasteiger partial charge in [-0.2, -0.15) is 5.10 Å². The van der Waals surface area contributed by atoms with Gasteiger partial charge in [0.15, 0.2) is 5.96 Å². The van der Waals surface area contributed by atoms with Crippen LogP contribution in [0, 0.1) is 0 Å². The largest absolute Gasteiger partial charge is 0.368 e. The molecule has 1 aromatic heterocycles. The molecule has 3 rings (SSSR count). The maximum atomic E-state index is 12.2. The standard InChI is InChI=1S/C20H28N6O2/c1-21-20(22-9-4-11-26-12-5-10-24-26)23-15-16-6-2-7-17(14-16)25-19(27)18-8-3-13-28-18/h2,5-7,10,12,14,18H,3-4,8-9,11,13,15H2,1H3,(H,25,27)(H2,21,22,23). The summed E-state index contributed by atoms with van der Waals surface area (Å²) in [6, 6.07) is 9.72. The fourth-order valence-corrected chi connectivity index (χ4v) is 3.05. The van der Waals surface area contributed by atoms with Gasteiger partial charge in [-0.15, -0.1) is 0 Å². The lowest BCUT2D eigenvalue weighted by Crippen LogP contribution is -2.37. The lowest BCUT2D eigenvalue weighted by atomic mass is 10.2. The minimum atomic E-state index is -0.327. The third-order valence-electron chi connectivity index (χ3n) is 4.52. The summed E-state index contributed by atoms with van der Waals surface area (Å²) < 4.78 is 7.34. The van der Waals surface area contributed by atoms with Crippen molar-refractivity contribution in [2.75, 3.05) is 25.5 Å². The van der Waals surface area contributed by atoms with E-state index < -0.39 is 0 Å². The van der Waals surface area contributed by atoms with E-state index in [1.165, 1.54) is 0 Å². The molecule has 0 radical (unpaired) electrons. The zero-order valence-corrected chi connectivity index (χ0v) is 16.2. The highest BCUT2D eigenvalue weighted by atomic mass is 16.5. The first kappa shape index (κ1) is 19.9. The van der Waals surface area contributed by atoms with Gasteiger partial charge >= 0.3 is 0 Å². The number of hydrogen-bond donors (Lipinski definition) is 3. The molecule has 3 N–H and O–H groups in total. The molecule has 8 heteroatoms. The van der Waals surface area contributed by atoms with Crippen molar-refractivity contribution in [3.8, 4) is 0 Å². The summed E-state index contributed by atoms with van der Waals surface area (Å²) >= 11 is 0. The Labute approximate surface area is 165 Å². The number of rotatable bonds is 8. The number of aromatic nitrogens is 2. The average molecular weight is 384 g/mol. The monoisotopic (exact) mass is 384 g/mol. The number of aryl methyl sites for hydroxylation is 1. The minimum absolute atomic E-state index is 0.0720. The van der Waals surface area contributed by atoms with Crippen molar-refractivity contribution in [1.82, 2.24) is 20.4 Å². The average Bonchev–Trinajstić information content (AvgIpc) is 3.42. The molecule has 0 bridgehead atoms. The molecule has 1 aromatic carbocycles. The van der Waals surface area contributed by atoms with Gasteiger partial charge in [-0.3, -0.25) is 14.5 Å². The predicted molar refractivity (Wildman–Crippen MR) is 109 cm³/mol. The van der Waals surface area contributed by atoms with Gasteiger partial charge in [0.05, 0.1) is 0 Å². The van der Waals surface area contributed by atoms with Gasteiger partial charge in [0, 0.05) is 51.4 Å². The van der Waals surface area contributed by atoms with E-state index in [1.54, 1.807) is 13.2 Å². The van der Waals surface area contributed by atoms with Crippen molar-refractivity contribution in [2.45, 2.75) is 38.5 Å². The maximum Gasteiger partial charge on any atom is 0.253 e. The summed E-state index contributed by atoms with van der Waals surface area (Å²) in [5.41, 5.74) is 1.84. The highest BCUT2D eigenvalue weighted by Crippen LogP contribution is 2.16. The number of nitrogens with zero attached hydrogens (tertiary/aromatic N) is 3. The number of nitrogens with one attached hydrogen (secondary N) is 3. The molecule has 0 aliphatic carbocycles. The summed E-state index contributed by atoms with van der Waals surface area (Å²) in [7, 11) is 1.75.